The first-order valence-electron chi connectivity index (χ1n) is 6.74. The molecule has 0 fully saturated rings. The molecule has 0 aliphatic heterocycles. The molecule has 22 heavy (non-hydrogen) atoms. The zero-order chi connectivity index (χ0) is 15.9. The molecule has 1 atom stereocenters. The molecule has 1 unspecified atom stereocenters. The second-order valence-corrected chi connectivity index (χ2v) is 6.77. The van der Waals surface area contributed by atoms with Gasteiger partial charge >= 0.3 is 0 Å². The van der Waals surface area contributed by atoms with E-state index in [-0.39, 0.29) is 5.91 Å². The lowest BCUT2D eigenvalue weighted by Crippen LogP contribution is -2.18. The van der Waals surface area contributed by atoms with Gasteiger partial charge in [0.2, 0.25) is 0 Å². The molecule has 0 spiro atoms. The standard InChI is InChI=1S/C16H16N2O2S2/c1-11(18-20)12-7-3-5-9-14(12)21-22-15-10-6-4-8-13(15)16(19)17-2/h3-11H,1-2H3,(H,17,19). The molecule has 1 N–H and O–H groups in total. The first kappa shape index (κ1) is 16.6. The summed E-state index contributed by atoms with van der Waals surface area (Å²) in [6, 6.07) is 14.7. The van der Waals surface area contributed by atoms with Crippen molar-refractivity contribution in [2.75, 3.05) is 7.05 Å². The van der Waals surface area contributed by atoms with Gasteiger partial charge in [0, 0.05) is 16.8 Å². The Hall–Kier alpha value is -1.79. The van der Waals surface area contributed by atoms with Gasteiger partial charge in [-0.25, -0.2) is 0 Å². The molecule has 114 valence electrons. The lowest BCUT2D eigenvalue weighted by Gasteiger charge is -2.11. The van der Waals surface area contributed by atoms with Crippen LogP contribution in [0.5, 0.6) is 0 Å². The van der Waals surface area contributed by atoms with Gasteiger partial charge in [-0.2, -0.15) is 4.91 Å². The monoisotopic (exact) mass is 332 g/mol. The van der Waals surface area contributed by atoms with Crippen LogP contribution in [-0.4, -0.2) is 13.0 Å². The van der Waals surface area contributed by atoms with Crippen molar-refractivity contribution in [1.29, 1.82) is 0 Å². The van der Waals surface area contributed by atoms with E-state index < -0.39 is 6.04 Å². The Morgan fingerprint density at radius 3 is 2.32 bits per heavy atom. The summed E-state index contributed by atoms with van der Waals surface area (Å²) < 4.78 is 0. The molecule has 0 saturated heterocycles. The first-order valence-corrected chi connectivity index (χ1v) is 8.89. The van der Waals surface area contributed by atoms with Crippen LogP contribution >= 0.6 is 21.6 Å². The van der Waals surface area contributed by atoms with Crippen molar-refractivity contribution in [3.8, 4) is 0 Å². The number of hydrogen-bond donors (Lipinski definition) is 1. The maximum absolute atomic E-state index is 11.9. The second kappa shape index (κ2) is 8.00. The summed E-state index contributed by atoms with van der Waals surface area (Å²) in [7, 11) is 4.64. The maximum Gasteiger partial charge on any atom is 0.252 e. The summed E-state index contributed by atoms with van der Waals surface area (Å²) in [5.74, 6) is -0.111. The van der Waals surface area contributed by atoms with E-state index in [9.17, 15) is 9.70 Å². The quantitative estimate of drug-likeness (QED) is 0.617. The summed E-state index contributed by atoms with van der Waals surface area (Å²) >= 11 is 0. The third-order valence-corrected chi connectivity index (χ3v) is 5.60. The summed E-state index contributed by atoms with van der Waals surface area (Å²) in [5, 5.41) is 5.74. The van der Waals surface area contributed by atoms with Crippen molar-refractivity contribution >= 4 is 27.5 Å². The van der Waals surface area contributed by atoms with Crippen LogP contribution in [0.25, 0.3) is 0 Å². The molecule has 0 heterocycles. The zero-order valence-corrected chi connectivity index (χ0v) is 13.9. The number of nitroso groups, excluding NO2 is 1. The lowest BCUT2D eigenvalue weighted by atomic mass is 10.1. The highest BCUT2D eigenvalue weighted by Crippen LogP contribution is 2.42. The van der Waals surface area contributed by atoms with Crippen molar-refractivity contribution in [1.82, 2.24) is 5.32 Å². The van der Waals surface area contributed by atoms with Crippen LogP contribution in [-0.2, 0) is 0 Å². The molecule has 0 radical (unpaired) electrons. The smallest absolute Gasteiger partial charge is 0.252 e. The number of benzene rings is 2. The van der Waals surface area contributed by atoms with Crippen molar-refractivity contribution < 1.29 is 4.79 Å². The van der Waals surface area contributed by atoms with Crippen LogP contribution in [0.4, 0.5) is 0 Å². The maximum atomic E-state index is 11.9. The van der Waals surface area contributed by atoms with Gasteiger partial charge in [-0.15, -0.1) is 0 Å². The summed E-state index contributed by atoms with van der Waals surface area (Å²) in [6.07, 6.45) is 0. The van der Waals surface area contributed by atoms with Crippen molar-refractivity contribution in [3.05, 3.63) is 64.6 Å². The van der Waals surface area contributed by atoms with Gasteiger partial charge in [0.1, 0.15) is 6.04 Å². The molecular weight excluding hydrogens is 316 g/mol. The Kier molecular flexibility index (Phi) is 6.03. The van der Waals surface area contributed by atoms with E-state index in [1.807, 2.05) is 42.5 Å². The van der Waals surface area contributed by atoms with Gasteiger partial charge in [-0.05, 0) is 30.7 Å². The van der Waals surface area contributed by atoms with E-state index in [1.54, 1.807) is 20.0 Å². The Balaban J connectivity index is 2.21. The number of amides is 1. The number of nitrogens with zero attached hydrogens (tertiary/aromatic N) is 1. The molecule has 0 aliphatic rings. The van der Waals surface area contributed by atoms with Crippen LogP contribution in [0, 0.1) is 4.91 Å². The fraction of sp³-hybridized carbons (Fsp3) is 0.188. The molecule has 0 bridgehead atoms. The van der Waals surface area contributed by atoms with E-state index >= 15 is 0 Å². The topological polar surface area (TPSA) is 58.5 Å². The third kappa shape index (κ3) is 3.90. The summed E-state index contributed by atoms with van der Waals surface area (Å²) in [5.41, 5.74) is 1.54. The van der Waals surface area contributed by atoms with E-state index in [2.05, 4.69) is 10.5 Å². The molecular formula is C16H16N2O2S2. The molecule has 2 aromatic carbocycles. The van der Waals surface area contributed by atoms with E-state index in [4.69, 9.17) is 0 Å². The molecule has 0 saturated carbocycles. The fourth-order valence-electron chi connectivity index (χ4n) is 1.91. The van der Waals surface area contributed by atoms with Gasteiger partial charge < -0.3 is 5.32 Å². The predicted octanol–water partition coefficient (Wildman–Crippen LogP) is 4.67. The SMILES string of the molecule is CNC(=O)c1ccccc1SSc1ccccc1C(C)N=O. The van der Waals surface area contributed by atoms with Gasteiger partial charge in [-0.3, -0.25) is 4.79 Å². The van der Waals surface area contributed by atoms with Crippen LogP contribution in [0.1, 0.15) is 28.9 Å². The Morgan fingerprint density at radius 2 is 1.64 bits per heavy atom. The van der Waals surface area contributed by atoms with Gasteiger partial charge in [0.25, 0.3) is 5.91 Å². The highest BCUT2D eigenvalue weighted by molar-refractivity contribution is 8.76. The van der Waals surface area contributed by atoms with Crippen molar-refractivity contribution in [2.45, 2.75) is 22.8 Å². The number of carbonyl (C=O) groups is 1. The van der Waals surface area contributed by atoms with E-state index in [0.29, 0.717) is 5.56 Å². The zero-order valence-electron chi connectivity index (χ0n) is 12.3. The van der Waals surface area contributed by atoms with Gasteiger partial charge in [0.05, 0.1) is 5.56 Å². The molecule has 1 amide bonds. The molecule has 2 rings (SSSR count). The van der Waals surface area contributed by atoms with Crippen LogP contribution in [0.2, 0.25) is 0 Å². The Labute approximate surface area is 137 Å². The minimum atomic E-state index is -0.390. The summed E-state index contributed by atoms with van der Waals surface area (Å²) in [4.78, 5) is 24.5. The van der Waals surface area contributed by atoms with Crippen LogP contribution in [0.3, 0.4) is 0 Å². The molecule has 0 aromatic heterocycles. The Morgan fingerprint density at radius 1 is 1.05 bits per heavy atom. The molecule has 6 heteroatoms. The minimum absolute atomic E-state index is 0.111. The second-order valence-electron chi connectivity index (χ2n) is 4.56. The van der Waals surface area contributed by atoms with Crippen LogP contribution in [0.15, 0.2) is 63.5 Å². The average molecular weight is 332 g/mol. The van der Waals surface area contributed by atoms with Gasteiger partial charge in [-0.1, -0.05) is 57.1 Å². The normalized spacial score (nSPS) is 11.7. The van der Waals surface area contributed by atoms with Gasteiger partial charge in [0.15, 0.2) is 0 Å². The number of nitrogens with one attached hydrogen (secondary N) is 1. The number of rotatable bonds is 6. The molecule has 4 nitrogen and oxygen atoms in total. The van der Waals surface area contributed by atoms with Crippen LogP contribution < -0.4 is 5.32 Å². The first-order chi connectivity index (χ1) is 10.7. The van der Waals surface area contributed by atoms with E-state index in [1.165, 1.54) is 21.6 Å². The number of carbonyl (C=O) groups excluding carboxylic acids is 1. The van der Waals surface area contributed by atoms with Crippen molar-refractivity contribution in [3.63, 3.8) is 0 Å². The van der Waals surface area contributed by atoms with E-state index in [0.717, 1.165) is 15.4 Å². The Bertz CT molecular complexity index is 677. The van der Waals surface area contributed by atoms with Crippen molar-refractivity contribution in [2.24, 2.45) is 5.18 Å². The minimum Gasteiger partial charge on any atom is -0.355 e. The lowest BCUT2D eigenvalue weighted by molar-refractivity contribution is 0.0960. The highest BCUT2D eigenvalue weighted by Gasteiger charge is 2.14. The molecule has 0 aliphatic carbocycles. The number of hydrogen-bond acceptors (Lipinski definition) is 5. The summed E-state index contributed by atoms with van der Waals surface area (Å²) in [6.45, 7) is 1.77. The average Bonchev–Trinajstić information content (AvgIpc) is 2.59. The predicted molar refractivity (Wildman–Crippen MR) is 92.2 cm³/mol. The third-order valence-electron chi connectivity index (χ3n) is 3.11. The molecule has 2 aromatic rings. The largest absolute Gasteiger partial charge is 0.355 e. The highest BCUT2D eigenvalue weighted by atomic mass is 33.1. The fourth-order valence-corrected chi connectivity index (χ4v) is 4.37.